The van der Waals surface area contributed by atoms with Gasteiger partial charge in [-0.3, -0.25) is 13.6 Å². The van der Waals surface area contributed by atoms with E-state index < -0.39 is 7.82 Å². The normalized spacial score (nSPS) is 16.7. The highest BCUT2D eigenvalue weighted by atomic mass is 31.2. The van der Waals surface area contributed by atoms with Gasteiger partial charge in [0.25, 0.3) is 0 Å². The number of nitrogens with one attached hydrogen (secondary N) is 1. The van der Waals surface area contributed by atoms with Gasteiger partial charge in [-0.15, -0.1) is 0 Å². The van der Waals surface area contributed by atoms with Crippen LogP contribution >= 0.6 is 7.82 Å². The van der Waals surface area contributed by atoms with E-state index in [9.17, 15) is 4.57 Å². The largest absolute Gasteiger partial charge is 0.474 e. The third kappa shape index (κ3) is 7.83. The first-order valence-corrected chi connectivity index (χ1v) is 6.69. The molecule has 0 amide bonds. The molecule has 0 saturated heterocycles. The number of phosphoric acid groups is 1. The third-order valence-corrected chi connectivity index (χ3v) is 3.34. The predicted octanol–water partition coefficient (Wildman–Crippen LogP) is 0.655. The summed E-state index contributed by atoms with van der Waals surface area (Å²) in [4.78, 5) is 0. The zero-order valence-electron chi connectivity index (χ0n) is 10.8. The van der Waals surface area contributed by atoms with Crippen LogP contribution in [0.5, 0.6) is 0 Å². The Bertz CT molecular complexity index is 228. The van der Waals surface area contributed by atoms with Gasteiger partial charge in [0.15, 0.2) is 0 Å². The van der Waals surface area contributed by atoms with Crippen molar-refractivity contribution >= 4 is 7.82 Å². The Balaban J connectivity index is 4.04. The number of methoxy groups -OCH3 is 2. The van der Waals surface area contributed by atoms with E-state index in [0.29, 0.717) is 13.2 Å². The van der Waals surface area contributed by atoms with Crippen molar-refractivity contribution in [2.75, 3.05) is 54.7 Å². The van der Waals surface area contributed by atoms with Gasteiger partial charge in [-0.2, -0.15) is 0 Å². The minimum absolute atomic E-state index is 0.0784. The summed E-state index contributed by atoms with van der Waals surface area (Å²) in [5, 5.41) is 2.86. The molecule has 2 atom stereocenters. The van der Waals surface area contributed by atoms with Crippen molar-refractivity contribution in [2.24, 2.45) is 0 Å². The van der Waals surface area contributed by atoms with Gasteiger partial charge in [0, 0.05) is 27.9 Å². The van der Waals surface area contributed by atoms with Crippen molar-refractivity contribution in [3.05, 3.63) is 0 Å². The highest BCUT2D eigenvalue weighted by molar-refractivity contribution is 7.48. The lowest BCUT2D eigenvalue weighted by atomic mass is 10.4. The summed E-state index contributed by atoms with van der Waals surface area (Å²) < 4.78 is 36.8. The van der Waals surface area contributed by atoms with E-state index in [1.165, 1.54) is 14.2 Å². The van der Waals surface area contributed by atoms with Gasteiger partial charge in [0.1, 0.15) is 6.10 Å². The fourth-order valence-electron chi connectivity index (χ4n) is 0.947. The first kappa shape index (κ1) is 17.0. The molecule has 0 aromatic heterocycles. The lowest BCUT2D eigenvalue weighted by Crippen LogP contribution is -2.23. The first-order chi connectivity index (χ1) is 8.11. The molecule has 0 aliphatic heterocycles. The summed E-state index contributed by atoms with van der Waals surface area (Å²) >= 11 is 0. The van der Waals surface area contributed by atoms with E-state index in [1.54, 1.807) is 14.2 Å². The molecule has 0 radical (unpaired) electrons. The van der Waals surface area contributed by atoms with Crippen molar-refractivity contribution in [2.45, 2.75) is 6.10 Å². The van der Waals surface area contributed by atoms with Crippen molar-refractivity contribution in [1.82, 2.24) is 5.32 Å². The van der Waals surface area contributed by atoms with E-state index in [1.807, 2.05) is 0 Å². The molecular weight excluding hydrogens is 249 g/mol. The van der Waals surface area contributed by atoms with E-state index in [2.05, 4.69) is 5.32 Å². The van der Waals surface area contributed by atoms with Gasteiger partial charge in [0.2, 0.25) is 0 Å². The molecule has 0 fully saturated rings. The Morgan fingerprint density at radius 1 is 1.18 bits per heavy atom. The molecule has 104 valence electrons. The molecule has 0 aliphatic rings. The molecule has 0 aromatic rings. The van der Waals surface area contributed by atoms with E-state index in [-0.39, 0.29) is 19.3 Å². The molecule has 8 heteroatoms. The van der Waals surface area contributed by atoms with Gasteiger partial charge in [-0.05, 0) is 7.05 Å². The second kappa shape index (κ2) is 9.96. The number of hydrogen-bond acceptors (Lipinski definition) is 7. The van der Waals surface area contributed by atoms with Gasteiger partial charge < -0.3 is 14.8 Å². The summed E-state index contributed by atoms with van der Waals surface area (Å²) in [5.74, 6) is 0. The van der Waals surface area contributed by atoms with Crippen LogP contribution in [0.4, 0.5) is 0 Å². The molecule has 7 nitrogen and oxygen atoms in total. The number of phosphoric ester groups is 1. The Labute approximate surface area is 102 Å². The van der Waals surface area contributed by atoms with Crippen LogP contribution in [0.3, 0.4) is 0 Å². The number of hydrogen-bond donors (Lipinski definition) is 1. The van der Waals surface area contributed by atoms with Crippen molar-refractivity contribution in [1.29, 1.82) is 0 Å². The van der Waals surface area contributed by atoms with Crippen LogP contribution in [0.15, 0.2) is 0 Å². The Morgan fingerprint density at radius 2 is 1.88 bits per heavy atom. The molecule has 1 N–H and O–H groups in total. The summed E-state index contributed by atoms with van der Waals surface area (Å²) in [6.07, 6.45) is -0.309. The number of rotatable bonds is 11. The fourth-order valence-corrected chi connectivity index (χ4v) is 1.90. The molecule has 0 aromatic carbocycles. The Hall–Kier alpha value is -0.0100. The summed E-state index contributed by atoms with van der Waals surface area (Å²) in [6, 6.07) is 0. The van der Waals surface area contributed by atoms with Gasteiger partial charge in [-0.1, -0.05) is 0 Å². The monoisotopic (exact) mass is 271 g/mol. The molecule has 17 heavy (non-hydrogen) atoms. The lowest BCUT2D eigenvalue weighted by molar-refractivity contribution is -0.00947. The van der Waals surface area contributed by atoms with Crippen LogP contribution in [0, 0.1) is 0 Å². The van der Waals surface area contributed by atoms with Crippen LogP contribution in [0.1, 0.15) is 0 Å². The number of ether oxygens (including phenoxy) is 2. The maximum atomic E-state index is 11.9. The minimum atomic E-state index is -3.50. The highest BCUT2D eigenvalue weighted by Crippen LogP contribution is 2.48. The lowest BCUT2D eigenvalue weighted by Gasteiger charge is -2.19. The fraction of sp³-hybridized carbons (Fsp3) is 1.00. The average Bonchev–Trinajstić information content (AvgIpc) is 2.35. The molecular formula is C9H22NO6P. The van der Waals surface area contributed by atoms with Gasteiger partial charge >= 0.3 is 7.82 Å². The second-order valence-corrected chi connectivity index (χ2v) is 4.95. The second-order valence-electron chi connectivity index (χ2n) is 3.18. The van der Waals surface area contributed by atoms with Crippen LogP contribution in [-0.2, 0) is 27.6 Å². The average molecular weight is 271 g/mol. The zero-order chi connectivity index (χ0) is 13.1. The van der Waals surface area contributed by atoms with Gasteiger partial charge in [0.05, 0.1) is 19.8 Å². The highest BCUT2D eigenvalue weighted by Gasteiger charge is 2.26. The topological polar surface area (TPSA) is 75.3 Å². The van der Waals surface area contributed by atoms with Crippen LogP contribution in [-0.4, -0.2) is 60.8 Å². The molecule has 0 saturated carbocycles. The standard InChI is InChI=1S/C9H22NO6P/c1-10-5-6-15-17(11,14-4)16-8-9(13-3)7-12-2/h9-10H,5-8H2,1-4H3. The van der Waals surface area contributed by atoms with E-state index in [4.69, 9.17) is 23.0 Å². The Kier molecular flexibility index (Phi) is 9.96. The van der Waals surface area contributed by atoms with E-state index in [0.717, 1.165) is 0 Å². The molecule has 0 heterocycles. The maximum absolute atomic E-state index is 11.9. The summed E-state index contributed by atoms with van der Waals surface area (Å²) in [7, 11) is 2.61. The van der Waals surface area contributed by atoms with Crippen molar-refractivity contribution in [3.8, 4) is 0 Å². The number of likely N-dealkylation sites (N-methyl/N-ethyl adjacent to an activating group) is 1. The molecule has 2 unspecified atom stereocenters. The third-order valence-electron chi connectivity index (χ3n) is 1.93. The predicted molar refractivity (Wildman–Crippen MR) is 63.1 cm³/mol. The van der Waals surface area contributed by atoms with Gasteiger partial charge in [-0.25, -0.2) is 4.57 Å². The van der Waals surface area contributed by atoms with Crippen LogP contribution < -0.4 is 5.32 Å². The summed E-state index contributed by atoms with van der Waals surface area (Å²) in [5.41, 5.74) is 0. The van der Waals surface area contributed by atoms with E-state index >= 15 is 0 Å². The molecule has 0 rings (SSSR count). The molecule has 0 spiro atoms. The van der Waals surface area contributed by atoms with Crippen LogP contribution in [0.25, 0.3) is 0 Å². The minimum Gasteiger partial charge on any atom is -0.382 e. The first-order valence-electron chi connectivity index (χ1n) is 5.23. The molecule has 0 aliphatic carbocycles. The zero-order valence-corrected chi connectivity index (χ0v) is 11.7. The smallest absolute Gasteiger partial charge is 0.382 e. The Morgan fingerprint density at radius 3 is 2.35 bits per heavy atom. The quantitative estimate of drug-likeness (QED) is 0.437. The van der Waals surface area contributed by atoms with Crippen LogP contribution in [0.2, 0.25) is 0 Å². The van der Waals surface area contributed by atoms with Crippen molar-refractivity contribution < 1.29 is 27.6 Å². The SMILES string of the molecule is CNCCOP(=O)(OC)OCC(COC)OC. The summed E-state index contributed by atoms with van der Waals surface area (Å²) in [6.45, 7) is 1.22. The molecule has 0 bridgehead atoms. The van der Waals surface area contributed by atoms with Crippen molar-refractivity contribution in [3.63, 3.8) is 0 Å². The maximum Gasteiger partial charge on any atom is 0.474 e.